The maximum absolute atomic E-state index is 4.41. The second-order valence-electron chi connectivity index (χ2n) is 12.3. The van der Waals surface area contributed by atoms with Gasteiger partial charge in [-0.1, -0.05) is 164 Å². The van der Waals surface area contributed by atoms with Crippen LogP contribution in [0.5, 0.6) is 0 Å². The number of benzene rings is 9. The first-order valence-electron chi connectivity index (χ1n) is 16.5. The van der Waals surface area contributed by atoms with Gasteiger partial charge in [-0.25, -0.2) is 0 Å². The van der Waals surface area contributed by atoms with Crippen molar-refractivity contribution in [1.82, 2.24) is 4.98 Å². The first-order chi connectivity index (χ1) is 23.8. The van der Waals surface area contributed by atoms with E-state index in [4.69, 9.17) is 0 Å². The summed E-state index contributed by atoms with van der Waals surface area (Å²) >= 11 is 0. The fourth-order valence-electron chi connectivity index (χ4n) is 7.25. The number of aromatic nitrogens is 1. The van der Waals surface area contributed by atoms with E-state index in [1.54, 1.807) is 0 Å². The third kappa shape index (κ3) is 4.85. The molecule has 0 aliphatic heterocycles. The summed E-state index contributed by atoms with van der Waals surface area (Å²) in [5.74, 6) is 0. The molecule has 224 valence electrons. The molecule has 0 saturated heterocycles. The van der Waals surface area contributed by atoms with Crippen LogP contribution in [-0.4, -0.2) is 4.98 Å². The highest BCUT2D eigenvalue weighted by Gasteiger charge is 2.16. The molecule has 10 aromatic rings. The van der Waals surface area contributed by atoms with E-state index in [9.17, 15) is 0 Å². The van der Waals surface area contributed by atoms with Crippen LogP contribution >= 0.6 is 0 Å². The van der Waals surface area contributed by atoms with Crippen LogP contribution in [0.15, 0.2) is 188 Å². The Bertz CT molecular complexity index is 2540. The minimum atomic E-state index is 1.09. The Morgan fingerprint density at radius 3 is 1.17 bits per heavy atom. The largest absolute Gasteiger partial charge is 0.256 e. The van der Waals surface area contributed by atoms with Gasteiger partial charge in [-0.15, -0.1) is 0 Å². The minimum Gasteiger partial charge on any atom is -0.256 e. The lowest BCUT2D eigenvalue weighted by Gasteiger charge is -2.18. The lowest BCUT2D eigenvalue weighted by molar-refractivity contribution is 1.43. The molecule has 0 atom stereocenters. The van der Waals surface area contributed by atoms with E-state index < -0.39 is 0 Å². The lowest BCUT2D eigenvalue weighted by Crippen LogP contribution is -1.91. The highest BCUT2D eigenvalue weighted by molar-refractivity contribution is 6.22. The zero-order valence-electron chi connectivity index (χ0n) is 26.3. The maximum Gasteiger partial charge on any atom is 0.0780 e. The Morgan fingerprint density at radius 1 is 0.271 bits per heavy atom. The van der Waals surface area contributed by atoms with Gasteiger partial charge in [0.25, 0.3) is 0 Å². The topological polar surface area (TPSA) is 12.9 Å². The van der Waals surface area contributed by atoms with E-state index in [-0.39, 0.29) is 0 Å². The van der Waals surface area contributed by atoms with E-state index in [1.807, 2.05) is 12.3 Å². The van der Waals surface area contributed by atoms with Gasteiger partial charge in [0.2, 0.25) is 0 Å². The molecule has 0 unspecified atom stereocenters. The predicted molar refractivity (Wildman–Crippen MR) is 207 cm³/mol. The van der Waals surface area contributed by atoms with Crippen molar-refractivity contribution in [2.24, 2.45) is 0 Å². The molecule has 10 rings (SSSR count). The quantitative estimate of drug-likeness (QED) is 0.140. The van der Waals surface area contributed by atoms with Gasteiger partial charge in [-0.05, 0) is 88.9 Å². The fourth-order valence-corrected chi connectivity index (χ4v) is 7.25. The van der Waals surface area contributed by atoms with Crippen LogP contribution in [-0.2, 0) is 0 Å². The number of hydrogen-bond acceptors (Lipinski definition) is 1. The molecule has 0 aliphatic carbocycles. The number of rotatable bonds is 2. The summed E-state index contributed by atoms with van der Waals surface area (Å²) in [6.07, 6.45) is 1.84. The van der Waals surface area contributed by atoms with E-state index in [0.717, 1.165) is 5.52 Å². The predicted octanol–water partition coefficient (Wildman–Crippen LogP) is 13.0. The molecule has 0 radical (unpaired) electrons. The Labute approximate surface area is 279 Å². The average Bonchev–Trinajstić information content (AvgIpc) is 3.16. The molecule has 0 bridgehead atoms. The Balaban J connectivity index is 0.000000186. The molecule has 0 saturated carbocycles. The second-order valence-corrected chi connectivity index (χ2v) is 12.3. The molecule has 0 N–H and O–H groups in total. The van der Waals surface area contributed by atoms with Crippen molar-refractivity contribution >= 4 is 64.8 Å². The molecule has 1 nitrogen and oxygen atoms in total. The highest BCUT2D eigenvalue weighted by atomic mass is 14.6. The number of hydrogen-bond donors (Lipinski definition) is 0. The monoisotopic (exact) mass is 609 g/mol. The van der Waals surface area contributed by atoms with Crippen molar-refractivity contribution in [3.05, 3.63) is 188 Å². The molecule has 1 heterocycles. The Kier molecular flexibility index (Phi) is 6.87. The van der Waals surface area contributed by atoms with Crippen LogP contribution in [0.1, 0.15) is 0 Å². The molecule has 0 spiro atoms. The van der Waals surface area contributed by atoms with Crippen LogP contribution in [0, 0.1) is 0 Å². The number of pyridine rings is 1. The molecule has 1 heteroatoms. The lowest BCUT2D eigenvalue weighted by atomic mass is 9.85. The summed E-state index contributed by atoms with van der Waals surface area (Å²) in [7, 11) is 0. The second kappa shape index (κ2) is 11.8. The fraction of sp³-hybridized carbons (Fsp3) is 0. The summed E-state index contributed by atoms with van der Waals surface area (Å²) in [5, 5.41) is 13.9. The van der Waals surface area contributed by atoms with Crippen molar-refractivity contribution in [2.45, 2.75) is 0 Å². The molecule has 0 aliphatic rings. The van der Waals surface area contributed by atoms with Crippen molar-refractivity contribution in [3.63, 3.8) is 0 Å². The smallest absolute Gasteiger partial charge is 0.0780 e. The summed E-state index contributed by atoms with van der Waals surface area (Å²) in [6, 6.07) is 65.3. The van der Waals surface area contributed by atoms with E-state index >= 15 is 0 Å². The molecule has 0 amide bonds. The van der Waals surface area contributed by atoms with Gasteiger partial charge < -0.3 is 0 Å². The van der Waals surface area contributed by atoms with E-state index in [1.165, 1.54) is 81.5 Å². The van der Waals surface area contributed by atoms with E-state index in [2.05, 4.69) is 181 Å². The molecular formula is C47H31N. The van der Waals surface area contributed by atoms with Crippen LogP contribution in [0.2, 0.25) is 0 Å². The van der Waals surface area contributed by atoms with Gasteiger partial charge >= 0.3 is 0 Å². The van der Waals surface area contributed by atoms with Crippen LogP contribution < -0.4 is 0 Å². The zero-order valence-corrected chi connectivity index (χ0v) is 26.3. The molecule has 48 heavy (non-hydrogen) atoms. The van der Waals surface area contributed by atoms with Gasteiger partial charge in [0, 0.05) is 17.0 Å². The summed E-state index contributed by atoms with van der Waals surface area (Å²) in [4.78, 5) is 4.41. The number of fused-ring (bicyclic) bond motifs is 7. The zero-order chi connectivity index (χ0) is 31.9. The highest BCUT2D eigenvalue weighted by Crippen LogP contribution is 2.44. The van der Waals surface area contributed by atoms with Gasteiger partial charge in [-0.3, -0.25) is 4.98 Å². The molecule has 9 aromatic carbocycles. The third-order valence-corrected chi connectivity index (χ3v) is 9.51. The first-order valence-corrected chi connectivity index (χ1v) is 16.5. The Hall–Kier alpha value is -6.31. The summed E-state index contributed by atoms with van der Waals surface area (Å²) in [5.41, 5.74) is 6.22. The summed E-state index contributed by atoms with van der Waals surface area (Å²) < 4.78 is 0. The SMILES string of the molecule is c1ccc2c(c1)ccc1cccnc12.c1ccc2cc(-c3c4ccccc4c(-c4ccc5ccccc5c4)c4ccccc34)ccc2c1. The van der Waals surface area contributed by atoms with Gasteiger partial charge in [-0.2, -0.15) is 0 Å². The number of nitrogens with zero attached hydrogens (tertiary/aromatic N) is 1. The van der Waals surface area contributed by atoms with Crippen LogP contribution in [0.3, 0.4) is 0 Å². The van der Waals surface area contributed by atoms with Crippen molar-refractivity contribution in [1.29, 1.82) is 0 Å². The van der Waals surface area contributed by atoms with Gasteiger partial charge in [0.1, 0.15) is 0 Å². The van der Waals surface area contributed by atoms with Crippen LogP contribution in [0.25, 0.3) is 87.0 Å². The normalized spacial score (nSPS) is 11.3. The molecule has 1 aromatic heterocycles. The standard InChI is InChI=1S/C34H22.C13H9N/c1-3-11-25-21-27(19-17-23(25)9-1)33-29-13-5-7-15-31(29)34(32-16-8-6-14-30(32)33)28-20-18-24-10-2-4-12-26(24)22-28;1-2-6-12-10(4-1)7-8-11-5-3-9-14-13(11)12/h1-22H;1-9H. The van der Waals surface area contributed by atoms with Gasteiger partial charge in [0.15, 0.2) is 0 Å². The summed E-state index contributed by atoms with van der Waals surface area (Å²) in [6.45, 7) is 0. The van der Waals surface area contributed by atoms with Crippen LogP contribution in [0.4, 0.5) is 0 Å². The maximum atomic E-state index is 4.41. The van der Waals surface area contributed by atoms with Crippen molar-refractivity contribution in [2.75, 3.05) is 0 Å². The van der Waals surface area contributed by atoms with Gasteiger partial charge in [0.05, 0.1) is 5.52 Å². The average molecular weight is 610 g/mol. The minimum absolute atomic E-state index is 1.09. The van der Waals surface area contributed by atoms with Crippen molar-refractivity contribution in [3.8, 4) is 22.3 Å². The van der Waals surface area contributed by atoms with E-state index in [0.29, 0.717) is 0 Å². The third-order valence-electron chi connectivity index (χ3n) is 9.51. The first kappa shape index (κ1) is 28.0. The molecule has 0 fully saturated rings. The molecular weight excluding hydrogens is 579 g/mol. The van der Waals surface area contributed by atoms with Crippen molar-refractivity contribution < 1.29 is 0 Å². The Morgan fingerprint density at radius 2 is 0.646 bits per heavy atom.